The summed E-state index contributed by atoms with van der Waals surface area (Å²) in [6.45, 7) is 0.247. The van der Waals surface area contributed by atoms with Crippen molar-refractivity contribution in [3.8, 4) is 11.4 Å². The van der Waals surface area contributed by atoms with Gasteiger partial charge in [-0.05, 0) is 18.6 Å². The smallest absolute Gasteiger partial charge is 0.242 e. The molecule has 0 atom stereocenters. The maximum atomic E-state index is 12.2. The van der Waals surface area contributed by atoms with Gasteiger partial charge in [0, 0.05) is 18.5 Å². The molecule has 1 N–H and O–H groups in total. The summed E-state index contributed by atoms with van der Waals surface area (Å²) in [5, 5.41) is 4.12. The molecule has 3 rings (SSSR count). The van der Waals surface area contributed by atoms with Gasteiger partial charge in [0.05, 0.1) is 5.02 Å². The summed E-state index contributed by atoms with van der Waals surface area (Å²) in [6, 6.07) is 15.8. The first-order valence-corrected chi connectivity index (χ1v) is 9.54. The van der Waals surface area contributed by atoms with Crippen LogP contribution in [0.15, 0.2) is 64.0 Å². The first-order chi connectivity index (χ1) is 12.1. The molecule has 1 aromatic heterocycles. The standard InChI is InChI=1S/C17H16ClN3O3S/c18-14-9-4-5-10-15(14)25(22,23)19-12-6-11-16-20-17(21-24-16)13-7-2-1-3-8-13/h1-5,7-10,19H,6,11-12H2. The SMILES string of the molecule is O=S(=O)(NCCCc1nc(-c2ccccc2)no1)c1ccccc1Cl. The fourth-order valence-electron chi connectivity index (χ4n) is 2.25. The zero-order valence-corrected chi connectivity index (χ0v) is 14.8. The average molecular weight is 378 g/mol. The minimum Gasteiger partial charge on any atom is -0.339 e. The summed E-state index contributed by atoms with van der Waals surface area (Å²) < 4.78 is 32.1. The molecule has 2 aromatic carbocycles. The van der Waals surface area contributed by atoms with Gasteiger partial charge in [0.15, 0.2) is 0 Å². The second-order valence-electron chi connectivity index (χ2n) is 5.31. The van der Waals surface area contributed by atoms with Crippen LogP contribution in [0.3, 0.4) is 0 Å². The average Bonchev–Trinajstić information content (AvgIpc) is 3.09. The van der Waals surface area contributed by atoms with Gasteiger partial charge < -0.3 is 4.52 Å². The third-order valence-corrected chi connectivity index (χ3v) is 5.45. The molecular formula is C17H16ClN3O3S. The molecule has 0 amide bonds. The predicted molar refractivity (Wildman–Crippen MR) is 94.7 cm³/mol. The van der Waals surface area contributed by atoms with E-state index in [1.165, 1.54) is 6.07 Å². The van der Waals surface area contributed by atoms with Crippen LogP contribution in [0.2, 0.25) is 5.02 Å². The van der Waals surface area contributed by atoms with E-state index in [0.29, 0.717) is 24.6 Å². The van der Waals surface area contributed by atoms with Crippen LogP contribution < -0.4 is 4.72 Å². The van der Waals surface area contributed by atoms with E-state index in [4.69, 9.17) is 16.1 Å². The van der Waals surface area contributed by atoms with Crippen LogP contribution in [-0.4, -0.2) is 25.1 Å². The number of nitrogens with zero attached hydrogens (tertiary/aromatic N) is 2. The molecule has 3 aromatic rings. The highest BCUT2D eigenvalue weighted by Crippen LogP contribution is 2.20. The number of benzene rings is 2. The summed E-state index contributed by atoms with van der Waals surface area (Å²) >= 11 is 5.93. The summed E-state index contributed by atoms with van der Waals surface area (Å²) in [5.74, 6) is 0.989. The van der Waals surface area contributed by atoms with E-state index in [-0.39, 0.29) is 16.5 Å². The molecule has 0 saturated heterocycles. The Labute approximate surface area is 150 Å². The maximum Gasteiger partial charge on any atom is 0.242 e. The van der Waals surface area contributed by atoms with Gasteiger partial charge in [-0.1, -0.05) is 59.2 Å². The molecule has 25 heavy (non-hydrogen) atoms. The van der Waals surface area contributed by atoms with Crippen molar-refractivity contribution in [2.75, 3.05) is 6.54 Å². The molecule has 1 heterocycles. The molecule has 130 valence electrons. The van der Waals surface area contributed by atoms with Crippen molar-refractivity contribution in [1.82, 2.24) is 14.9 Å². The molecule has 0 fully saturated rings. The number of aryl methyl sites for hydroxylation is 1. The lowest BCUT2D eigenvalue weighted by atomic mass is 10.2. The Morgan fingerprint density at radius 2 is 1.76 bits per heavy atom. The Morgan fingerprint density at radius 3 is 2.52 bits per heavy atom. The van der Waals surface area contributed by atoms with Crippen LogP contribution in [0.4, 0.5) is 0 Å². The predicted octanol–water partition coefficient (Wildman–Crippen LogP) is 3.30. The Balaban J connectivity index is 1.54. The topological polar surface area (TPSA) is 85.1 Å². The van der Waals surface area contributed by atoms with E-state index in [9.17, 15) is 8.42 Å². The second-order valence-corrected chi connectivity index (χ2v) is 7.45. The third kappa shape index (κ3) is 4.45. The number of rotatable bonds is 7. The van der Waals surface area contributed by atoms with Gasteiger partial charge in [-0.3, -0.25) is 0 Å². The zero-order valence-electron chi connectivity index (χ0n) is 13.2. The van der Waals surface area contributed by atoms with E-state index in [1.54, 1.807) is 18.2 Å². The van der Waals surface area contributed by atoms with Gasteiger partial charge >= 0.3 is 0 Å². The Morgan fingerprint density at radius 1 is 1.04 bits per heavy atom. The Kier molecular flexibility index (Phi) is 5.47. The molecule has 6 nitrogen and oxygen atoms in total. The largest absolute Gasteiger partial charge is 0.339 e. The summed E-state index contributed by atoms with van der Waals surface area (Å²) in [4.78, 5) is 4.38. The molecule has 0 unspecified atom stereocenters. The maximum absolute atomic E-state index is 12.2. The van der Waals surface area contributed by atoms with E-state index in [0.717, 1.165) is 5.56 Å². The molecule has 0 spiro atoms. The Hall–Kier alpha value is -2.22. The fourth-order valence-corrected chi connectivity index (χ4v) is 3.84. The lowest BCUT2D eigenvalue weighted by Crippen LogP contribution is -2.25. The van der Waals surface area contributed by atoms with Crippen molar-refractivity contribution in [2.45, 2.75) is 17.7 Å². The molecule has 0 aliphatic rings. The van der Waals surface area contributed by atoms with Gasteiger partial charge in [0.25, 0.3) is 0 Å². The zero-order chi connectivity index (χ0) is 17.7. The van der Waals surface area contributed by atoms with E-state index < -0.39 is 10.0 Å². The van der Waals surface area contributed by atoms with Crippen molar-refractivity contribution in [3.05, 3.63) is 65.5 Å². The van der Waals surface area contributed by atoms with E-state index >= 15 is 0 Å². The normalized spacial score (nSPS) is 11.6. The summed E-state index contributed by atoms with van der Waals surface area (Å²) in [7, 11) is -3.63. The van der Waals surface area contributed by atoms with Gasteiger partial charge in [-0.25, -0.2) is 13.1 Å². The molecule has 0 radical (unpaired) electrons. The molecule has 0 saturated carbocycles. The van der Waals surface area contributed by atoms with Gasteiger partial charge in [-0.2, -0.15) is 4.98 Å². The highest BCUT2D eigenvalue weighted by Gasteiger charge is 2.16. The Bertz CT molecular complexity index is 943. The summed E-state index contributed by atoms with van der Waals surface area (Å²) in [6.07, 6.45) is 1.00. The molecule has 0 bridgehead atoms. The van der Waals surface area contributed by atoms with Crippen molar-refractivity contribution in [2.24, 2.45) is 0 Å². The minimum absolute atomic E-state index is 0.0702. The van der Waals surface area contributed by atoms with Crippen LogP contribution in [0, 0.1) is 0 Å². The monoisotopic (exact) mass is 377 g/mol. The highest BCUT2D eigenvalue weighted by molar-refractivity contribution is 7.89. The second kappa shape index (κ2) is 7.77. The van der Waals surface area contributed by atoms with Crippen LogP contribution in [0.1, 0.15) is 12.3 Å². The number of nitrogens with one attached hydrogen (secondary N) is 1. The van der Waals surface area contributed by atoms with E-state index in [1.807, 2.05) is 30.3 Å². The van der Waals surface area contributed by atoms with Crippen molar-refractivity contribution < 1.29 is 12.9 Å². The quantitative estimate of drug-likeness (QED) is 0.638. The lowest BCUT2D eigenvalue weighted by molar-refractivity contribution is 0.376. The van der Waals surface area contributed by atoms with E-state index in [2.05, 4.69) is 14.9 Å². The van der Waals surface area contributed by atoms with Gasteiger partial charge in [0.2, 0.25) is 21.7 Å². The first-order valence-electron chi connectivity index (χ1n) is 7.68. The highest BCUT2D eigenvalue weighted by atomic mass is 35.5. The first kappa shape index (κ1) is 17.6. The number of aromatic nitrogens is 2. The molecule has 8 heteroatoms. The van der Waals surface area contributed by atoms with Crippen LogP contribution in [0.25, 0.3) is 11.4 Å². The molecule has 0 aliphatic carbocycles. The van der Waals surface area contributed by atoms with Crippen LogP contribution in [0.5, 0.6) is 0 Å². The number of sulfonamides is 1. The lowest BCUT2D eigenvalue weighted by Gasteiger charge is -2.07. The number of hydrogen-bond acceptors (Lipinski definition) is 5. The van der Waals surface area contributed by atoms with Crippen molar-refractivity contribution in [1.29, 1.82) is 0 Å². The number of halogens is 1. The number of hydrogen-bond donors (Lipinski definition) is 1. The molecule has 0 aliphatic heterocycles. The van der Waals surface area contributed by atoms with Crippen molar-refractivity contribution in [3.63, 3.8) is 0 Å². The minimum atomic E-state index is -3.63. The van der Waals surface area contributed by atoms with Crippen LogP contribution >= 0.6 is 11.6 Å². The third-order valence-electron chi connectivity index (χ3n) is 3.49. The molecular weight excluding hydrogens is 362 g/mol. The van der Waals surface area contributed by atoms with Crippen LogP contribution in [-0.2, 0) is 16.4 Å². The van der Waals surface area contributed by atoms with Gasteiger partial charge in [0.1, 0.15) is 4.90 Å². The fraction of sp³-hybridized carbons (Fsp3) is 0.176. The summed E-state index contributed by atoms with van der Waals surface area (Å²) in [5.41, 5.74) is 0.872. The van der Waals surface area contributed by atoms with Gasteiger partial charge in [-0.15, -0.1) is 0 Å². The van der Waals surface area contributed by atoms with Crippen molar-refractivity contribution >= 4 is 21.6 Å².